The molecule has 3 N–H and O–H groups in total. The van der Waals surface area contributed by atoms with Crippen molar-refractivity contribution in [2.24, 2.45) is 7.05 Å². The summed E-state index contributed by atoms with van der Waals surface area (Å²) in [5.41, 5.74) is 4.15. The molecule has 1 aliphatic rings. The third kappa shape index (κ3) is 2.82. The van der Waals surface area contributed by atoms with Crippen LogP contribution in [-0.4, -0.2) is 31.7 Å². The van der Waals surface area contributed by atoms with Crippen LogP contribution in [0.2, 0.25) is 0 Å². The van der Waals surface area contributed by atoms with Gasteiger partial charge < -0.3 is 10.3 Å². The number of hydrogen-bond acceptors (Lipinski definition) is 4. The van der Waals surface area contributed by atoms with E-state index < -0.39 is 0 Å². The van der Waals surface area contributed by atoms with Crippen LogP contribution in [0.3, 0.4) is 0 Å². The van der Waals surface area contributed by atoms with Gasteiger partial charge in [-0.25, -0.2) is 4.98 Å². The summed E-state index contributed by atoms with van der Waals surface area (Å²) in [6.45, 7) is 3.23. The lowest BCUT2D eigenvalue weighted by atomic mass is 10.0. The first-order chi connectivity index (χ1) is 10.2. The van der Waals surface area contributed by atoms with E-state index in [0.717, 1.165) is 29.1 Å². The van der Waals surface area contributed by atoms with Gasteiger partial charge in [0.05, 0.1) is 29.5 Å². The Labute approximate surface area is 123 Å². The van der Waals surface area contributed by atoms with Crippen LogP contribution in [0.5, 0.6) is 0 Å². The van der Waals surface area contributed by atoms with Gasteiger partial charge in [-0.15, -0.1) is 0 Å². The van der Waals surface area contributed by atoms with Crippen molar-refractivity contribution < 1.29 is 4.79 Å². The van der Waals surface area contributed by atoms with Gasteiger partial charge in [-0.2, -0.15) is 5.10 Å². The molecule has 1 unspecified atom stereocenters. The molecule has 7 heteroatoms. The second-order valence-electron chi connectivity index (χ2n) is 5.31. The van der Waals surface area contributed by atoms with E-state index in [2.05, 4.69) is 32.6 Å². The molecule has 1 amide bonds. The predicted octanol–water partition coefficient (Wildman–Crippen LogP) is 0.0363. The highest BCUT2D eigenvalue weighted by Crippen LogP contribution is 2.12. The number of aromatic amines is 1. The number of imidazole rings is 1. The Balaban J connectivity index is 1.60. The summed E-state index contributed by atoms with van der Waals surface area (Å²) in [6.07, 6.45) is 5.12. The van der Waals surface area contributed by atoms with Gasteiger partial charge in [0.15, 0.2) is 0 Å². The molecule has 1 aliphatic heterocycles. The number of amides is 1. The second kappa shape index (κ2) is 5.69. The van der Waals surface area contributed by atoms with Crippen molar-refractivity contribution in [1.82, 2.24) is 30.4 Å². The van der Waals surface area contributed by atoms with Gasteiger partial charge in [-0.05, 0) is 6.42 Å². The number of carbonyl (C=O) groups is 1. The van der Waals surface area contributed by atoms with Crippen LogP contribution in [0, 0.1) is 0 Å². The molecule has 0 fully saturated rings. The Kier molecular flexibility index (Phi) is 3.74. The number of nitrogens with zero attached hydrogens (tertiary/aromatic N) is 3. The normalized spacial score (nSPS) is 17.5. The SMILES string of the molecule is CCc1nn(C)cc1CNC(=O)C1Cc2nc[nH]c2CN1. The number of carbonyl (C=O) groups excluding carboxylic acids is 1. The molecule has 7 nitrogen and oxygen atoms in total. The zero-order chi connectivity index (χ0) is 14.8. The molecule has 2 aromatic rings. The Morgan fingerprint density at radius 2 is 2.43 bits per heavy atom. The number of hydrogen-bond donors (Lipinski definition) is 3. The molecule has 0 saturated heterocycles. The molecule has 0 spiro atoms. The second-order valence-corrected chi connectivity index (χ2v) is 5.31. The molecule has 0 aliphatic carbocycles. The van der Waals surface area contributed by atoms with Crippen LogP contribution < -0.4 is 10.6 Å². The number of H-pyrrole nitrogens is 1. The third-order valence-corrected chi connectivity index (χ3v) is 3.83. The van der Waals surface area contributed by atoms with Crippen LogP contribution in [0.25, 0.3) is 0 Å². The standard InChI is InChI=1S/C14H20N6O/c1-3-10-9(7-20(2)19-10)5-16-14(21)12-4-11-13(6-15-12)18-8-17-11/h7-8,12,15H,3-6H2,1-2H3,(H,16,21)(H,17,18). The average molecular weight is 288 g/mol. The Hall–Kier alpha value is -2.15. The van der Waals surface area contributed by atoms with Crippen molar-refractivity contribution in [2.45, 2.75) is 38.9 Å². The summed E-state index contributed by atoms with van der Waals surface area (Å²) < 4.78 is 1.79. The minimum absolute atomic E-state index is 0.00885. The van der Waals surface area contributed by atoms with Crippen molar-refractivity contribution >= 4 is 5.91 Å². The molecule has 3 rings (SSSR count). The summed E-state index contributed by atoms with van der Waals surface area (Å²) in [7, 11) is 1.90. The first-order valence-electron chi connectivity index (χ1n) is 7.21. The highest BCUT2D eigenvalue weighted by Gasteiger charge is 2.25. The molecule has 1 atom stereocenters. The molecule has 21 heavy (non-hydrogen) atoms. The van der Waals surface area contributed by atoms with Gasteiger partial charge in [0, 0.05) is 38.3 Å². The fourth-order valence-electron chi connectivity index (χ4n) is 2.69. The van der Waals surface area contributed by atoms with E-state index in [1.54, 1.807) is 11.0 Å². The third-order valence-electron chi connectivity index (χ3n) is 3.83. The molecule has 0 saturated carbocycles. The van der Waals surface area contributed by atoms with Gasteiger partial charge in [0.2, 0.25) is 5.91 Å². The van der Waals surface area contributed by atoms with Crippen molar-refractivity contribution in [3.8, 4) is 0 Å². The highest BCUT2D eigenvalue weighted by molar-refractivity contribution is 5.82. The molecule has 112 valence electrons. The minimum Gasteiger partial charge on any atom is -0.351 e. The topological polar surface area (TPSA) is 87.6 Å². The van der Waals surface area contributed by atoms with E-state index in [1.807, 2.05) is 13.2 Å². The summed E-state index contributed by atoms with van der Waals surface area (Å²) in [4.78, 5) is 19.6. The van der Waals surface area contributed by atoms with Crippen molar-refractivity contribution in [2.75, 3.05) is 0 Å². The van der Waals surface area contributed by atoms with Gasteiger partial charge in [0.25, 0.3) is 0 Å². The number of rotatable bonds is 4. The lowest BCUT2D eigenvalue weighted by Gasteiger charge is -2.22. The number of nitrogens with one attached hydrogen (secondary N) is 3. The van der Waals surface area contributed by atoms with Gasteiger partial charge in [-0.1, -0.05) is 6.92 Å². The maximum absolute atomic E-state index is 12.3. The van der Waals surface area contributed by atoms with E-state index in [0.29, 0.717) is 19.5 Å². The van der Waals surface area contributed by atoms with Crippen molar-refractivity contribution in [3.63, 3.8) is 0 Å². The van der Waals surface area contributed by atoms with Crippen LogP contribution >= 0.6 is 0 Å². The molecular formula is C14H20N6O. The fourth-order valence-corrected chi connectivity index (χ4v) is 2.69. The number of aryl methyl sites for hydroxylation is 2. The van der Waals surface area contributed by atoms with E-state index >= 15 is 0 Å². The zero-order valence-electron chi connectivity index (χ0n) is 12.3. The maximum Gasteiger partial charge on any atom is 0.237 e. The molecule has 0 aromatic carbocycles. The monoisotopic (exact) mass is 288 g/mol. The largest absolute Gasteiger partial charge is 0.351 e. The maximum atomic E-state index is 12.3. The zero-order valence-corrected chi connectivity index (χ0v) is 12.3. The lowest BCUT2D eigenvalue weighted by molar-refractivity contribution is -0.123. The van der Waals surface area contributed by atoms with Crippen LogP contribution in [0.15, 0.2) is 12.5 Å². The van der Waals surface area contributed by atoms with E-state index in [4.69, 9.17) is 0 Å². The minimum atomic E-state index is -0.220. The van der Waals surface area contributed by atoms with Crippen LogP contribution in [-0.2, 0) is 37.8 Å². The average Bonchev–Trinajstić information content (AvgIpc) is 3.09. The number of fused-ring (bicyclic) bond motifs is 1. The lowest BCUT2D eigenvalue weighted by Crippen LogP contribution is -2.47. The van der Waals surface area contributed by atoms with Gasteiger partial charge in [-0.3, -0.25) is 14.8 Å². The van der Waals surface area contributed by atoms with Gasteiger partial charge >= 0.3 is 0 Å². The van der Waals surface area contributed by atoms with E-state index in [9.17, 15) is 4.79 Å². The smallest absolute Gasteiger partial charge is 0.237 e. The summed E-state index contributed by atoms with van der Waals surface area (Å²) in [6, 6.07) is -0.220. The molecule has 0 bridgehead atoms. The Morgan fingerprint density at radius 1 is 1.57 bits per heavy atom. The van der Waals surface area contributed by atoms with Crippen LogP contribution in [0.4, 0.5) is 0 Å². The highest BCUT2D eigenvalue weighted by atomic mass is 16.2. The molecule has 3 heterocycles. The molecular weight excluding hydrogens is 268 g/mol. The first-order valence-corrected chi connectivity index (χ1v) is 7.21. The van der Waals surface area contributed by atoms with E-state index in [-0.39, 0.29) is 11.9 Å². The van der Waals surface area contributed by atoms with Crippen LogP contribution in [0.1, 0.15) is 29.6 Å². The summed E-state index contributed by atoms with van der Waals surface area (Å²) in [5, 5.41) is 10.6. The Bertz CT molecular complexity index is 644. The van der Waals surface area contributed by atoms with E-state index in [1.165, 1.54) is 0 Å². The fraction of sp³-hybridized carbons (Fsp3) is 0.500. The molecule has 2 aromatic heterocycles. The predicted molar refractivity (Wildman–Crippen MR) is 77.4 cm³/mol. The summed E-state index contributed by atoms with van der Waals surface area (Å²) >= 11 is 0. The van der Waals surface area contributed by atoms with Gasteiger partial charge in [0.1, 0.15) is 0 Å². The Morgan fingerprint density at radius 3 is 3.24 bits per heavy atom. The quantitative estimate of drug-likeness (QED) is 0.741. The first kappa shape index (κ1) is 13.8. The molecule has 0 radical (unpaired) electrons. The van der Waals surface area contributed by atoms with Crippen molar-refractivity contribution in [3.05, 3.63) is 35.2 Å². The summed E-state index contributed by atoms with van der Waals surface area (Å²) in [5.74, 6) is 0.00885. The number of aromatic nitrogens is 4. The van der Waals surface area contributed by atoms with Crippen molar-refractivity contribution in [1.29, 1.82) is 0 Å².